The van der Waals surface area contributed by atoms with Crippen LogP contribution in [0.1, 0.15) is 52.1 Å². The minimum Gasteiger partial charge on any atom is -0.357 e. The maximum absolute atomic E-state index is 4.90. The highest BCUT2D eigenvalue weighted by molar-refractivity contribution is 5.79. The third-order valence-electron chi connectivity index (χ3n) is 5.06. The fraction of sp³-hybridized carbons (Fsp3) is 0.714. The van der Waals surface area contributed by atoms with Crippen LogP contribution in [0.5, 0.6) is 0 Å². The Labute approximate surface area is 159 Å². The number of likely N-dealkylation sites (tertiary alicyclic amines) is 1. The molecule has 5 nitrogen and oxygen atoms in total. The Bertz CT molecular complexity index is 506. The summed E-state index contributed by atoms with van der Waals surface area (Å²) in [6.07, 6.45) is 8.17. The average Bonchev–Trinajstić information content (AvgIpc) is 2.92. The SMILES string of the molecule is CCNC(=NCC(C(C)C)N1CCCCCC1)NCCc1ccccn1. The van der Waals surface area contributed by atoms with Gasteiger partial charge in [0.2, 0.25) is 0 Å². The van der Waals surface area contributed by atoms with Crippen LogP contribution in [0.2, 0.25) is 0 Å². The summed E-state index contributed by atoms with van der Waals surface area (Å²) in [5.41, 5.74) is 1.11. The van der Waals surface area contributed by atoms with Gasteiger partial charge in [0, 0.05) is 37.4 Å². The summed E-state index contributed by atoms with van der Waals surface area (Å²) < 4.78 is 0. The van der Waals surface area contributed by atoms with Crippen molar-refractivity contribution >= 4 is 5.96 Å². The second-order valence-electron chi connectivity index (χ2n) is 7.48. The van der Waals surface area contributed by atoms with Crippen molar-refractivity contribution in [3.63, 3.8) is 0 Å². The summed E-state index contributed by atoms with van der Waals surface area (Å²) in [6, 6.07) is 6.59. The van der Waals surface area contributed by atoms with E-state index in [1.165, 1.54) is 38.8 Å². The molecule has 0 aromatic carbocycles. The van der Waals surface area contributed by atoms with Gasteiger partial charge < -0.3 is 10.6 Å². The summed E-state index contributed by atoms with van der Waals surface area (Å²) in [6.45, 7) is 11.8. The second-order valence-corrected chi connectivity index (χ2v) is 7.48. The highest BCUT2D eigenvalue weighted by Crippen LogP contribution is 2.17. The first-order valence-electron chi connectivity index (χ1n) is 10.4. The highest BCUT2D eigenvalue weighted by atomic mass is 15.2. The number of nitrogens with zero attached hydrogens (tertiary/aromatic N) is 3. The van der Waals surface area contributed by atoms with Crippen LogP contribution in [0.4, 0.5) is 0 Å². The number of pyridine rings is 1. The van der Waals surface area contributed by atoms with Crippen molar-refractivity contribution in [3.05, 3.63) is 30.1 Å². The lowest BCUT2D eigenvalue weighted by molar-refractivity contribution is 0.166. The number of aromatic nitrogens is 1. The standard InChI is InChI=1S/C21H37N5/c1-4-22-21(24-14-12-19-11-7-8-13-23-19)25-17-20(18(2)3)26-15-9-5-6-10-16-26/h7-8,11,13,18,20H,4-6,9-10,12,14-17H2,1-3H3,(H2,22,24,25). The minimum absolute atomic E-state index is 0.527. The lowest BCUT2D eigenvalue weighted by atomic mass is 10.0. The molecule has 1 aromatic heterocycles. The molecule has 0 amide bonds. The quantitative estimate of drug-likeness (QED) is 0.553. The smallest absolute Gasteiger partial charge is 0.191 e. The summed E-state index contributed by atoms with van der Waals surface area (Å²) in [7, 11) is 0. The van der Waals surface area contributed by atoms with Gasteiger partial charge in [-0.1, -0.05) is 32.8 Å². The number of aliphatic imine (C=N–C) groups is 1. The Morgan fingerprint density at radius 2 is 1.92 bits per heavy atom. The molecule has 2 rings (SSSR count). The molecule has 1 saturated heterocycles. The molecule has 1 unspecified atom stereocenters. The van der Waals surface area contributed by atoms with Gasteiger partial charge in [-0.15, -0.1) is 0 Å². The summed E-state index contributed by atoms with van der Waals surface area (Å²) in [5.74, 6) is 1.54. The van der Waals surface area contributed by atoms with E-state index in [0.717, 1.165) is 37.7 Å². The molecule has 1 aromatic rings. The van der Waals surface area contributed by atoms with Crippen LogP contribution in [-0.2, 0) is 6.42 Å². The molecule has 0 bridgehead atoms. The third-order valence-corrected chi connectivity index (χ3v) is 5.06. The Hall–Kier alpha value is -1.62. The second kappa shape index (κ2) is 11.9. The first-order valence-corrected chi connectivity index (χ1v) is 10.4. The summed E-state index contributed by atoms with van der Waals surface area (Å²) >= 11 is 0. The van der Waals surface area contributed by atoms with Gasteiger partial charge in [0.05, 0.1) is 6.54 Å². The monoisotopic (exact) mass is 359 g/mol. The molecule has 0 aliphatic carbocycles. The van der Waals surface area contributed by atoms with Crippen molar-refractivity contribution < 1.29 is 0 Å². The van der Waals surface area contributed by atoms with Crippen LogP contribution in [0.15, 0.2) is 29.4 Å². The van der Waals surface area contributed by atoms with E-state index in [-0.39, 0.29) is 0 Å². The number of nitrogens with one attached hydrogen (secondary N) is 2. The van der Waals surface area contributed by atoms with Gasteiger partial charge in [-0.25, -0.2) is 0 Å². The number of rotatable bonds is 8. The van der Waals surface area contributed by atoms with E-state index < -0.39 is 0 Å². The Balaban J connectivity index is 1.89. The molecule has 2 heterocycles. The molecule has 1 fully saturated rings. The fourth-order valence-electron chi connectivity index (χ4n) is 3.56. The van der Waals surface area contributed by atoms with Crippen molar-refractivity contribution in [2.45, 2.75) is 58.9 Å². The molecule has 146 valence electrons. The van der Waals surface area contributed by atoms with Gasteiger partial charge in [-0.2, -0.15) is 0 Å². The van der Waals surface area contributed by atoms with Crippen molar-refractivity contribution in [2.24, 2.45) is 10.9 Å². The maximum Gasteiger partial charge on any atom is 0.191 e. The first-order chi connectivity index (χ1) is 12.7. The van der Waals surface area contributed by atoms with Crippen molar-refractivity contribution in [1.29, 1.82) is 0 Å². The predicted octanol–water partition coefficient (Wildman–Crippen LogP) is 3.08. The average molecular weight is 360 g/mol. The van der Waals surface area contributed by atoms with Crippen LogP contribution >= 0.6 is 0 Å². The normalized spacial score (nSPS) is 17.8. The van der Waals surface area contributed by atoms with Gasteiger partial charge in [-0.05, 0) is 50.9 Å². The third kappa shape index (κ3) is 7.32. The molecule has 1 aliphatic rings. The molecule has 0 spiro atoms. The number of hydrogen-bond donors (Lipinski definition) is 2. The zero-order valence-electron chi connectivity index (χ0n) is 16.9. The molecule has 5 heteroatoms. The Morgan fingerprint density at radius 1 is 1.15 bits per heavy atom. The Kier molecular flexibility index (Phi) is 9.46. The van der Waals surface area contributed by atoms with Gasteiger partial charge >= 0.3 is 0 Å². The van der Waals surface area contributed by atoms with E-state index in [2.05, 4.69) is 47.4 Å². The fourth-order valence-corrected chi connectivity index (χ4v) is 3.56. The zero-order valence-corrected chi connectivity index (χ0v) is 16.9. The molecular weight excluding hydrogens is 322 g/mol. The lowest BCUT2D eigenvalue weighted by Gasteiger charge is -2.32. The van der Waals surface area contributed by atoms with E-state index in [1.54, 1.807) is 0 Å². The molecule has 0 saturated carbocycles. The number of hydrogen-bond acceptors (Lipinski definition) is 3. The molecule has 0 radical (unpaired) electrons. The van der Waals surface area contributed by atoms with Gasteiger partial charge in [0.25, 0.3) is 0 Å². The van der Waals surface area contributed by atoms with E-state index in [9.17, 15) is 0 Å². The largest absolute Gasteiger partial charge is 0.357 e. The van der Waals surface area contributed by atoms with Gasteiger partial charge in [0.1, 0.15) is 0 Å². The van der Waals surface area contributed by atoms with Gasteiger partial charge in [0.15, 0.2) is 5.96 Å². The molecular formula is C21H37N5. The van der Waals surface area contributed by atoms with Gasteiger partial charge in [-0.3, -0.25) is 14.9 Å². The molecule has 2 N–H and O–H groups in total. The van der Waals surface area contributed by atoms with Crippen molar-refractivity contribution in [3.8, 4) is 0 Å². The van der Waals surface area contributed by atoms with Crippen LogP contribution in [-0.4, -0.2) is 54.6 Å². The van der Waals surface area contributed by atoms with Crippen LogP contribution < -0.4 is 10.6 Å². The zero-order chi connectivity index (χ0) is 18.6. The van der Waals surface area contributed by atoms with Crippen molar-refractivity contribution in [1.82, 2.24) is 20.5 Å². The minimum atomic E-state index is 0.527. The first kappa shape index (κ1) is 20.7. The molecule has 26 heavy (non-hydrogen) atoms. The maximum atomic E-state index is 4.90. The molecule has 1 atom stereocenters. The van der Waals surface area contributed by atoms with Crippen molar-refractivity contribution in [2.75, 3.05) is 32.7 Å². The Morgan fingerprint density at radius 3 is 2.54 bits per heavy atom. The predicted molar refractivity (Wildman–Crippen MR) is 111 cm³/mol. The van der Waals surface area contributed by atoms with E-state index in [1.807, 2.05) is 18.3 Å². The van der Waals surface area contributed by atoms with E-state index >= 15 is 0 Å². The van der Waals surface area contributed by atoms with Crippen LogP contribution in [0.3, 0.4) is 0 Å². The lowest BCUT2D eigenvalue weighted by Crippen LogP contribution is -2.44. The summed E-state index contributed by atoms with van der Waals surface area (Å²) in [4.78, 5) is 12.0. The van der Waals surface area contributed by atoms with Crippen LogP contribution in [0.25, 0.3) is 0 Å². The summed E-state index contributed by atoms with van der Waals surface area (Å²) in [5, 5.41) is 6.84. The van der Waals surface area contributed by atoms with E-state index in [0.29, 0.717) is 12.0 Å². The topological polar surface area (TPSA) is 52.6 Å². The van der Waals surface area contributed by atoms with Crippen LogP contribution in [0, 0.1) is 5.92 Å². The highest BCUT2D eigenvalue weighted by Gasteiger charge is 2.22. The number of guanidine groups is 1. The van der Waals surface area contributed by atoms with E-state index in [4.69, 9.17) is 4.99 Å². The molecule has 1 aliphatic heterocycles.